The molecule has 0 atom stereocenters. The van der Waals surface area contributed by atoms with Crippen molar-refractivity contribution < 1.29 is 19.7 Å². The van der Waals surface area contributed by atoms with Crippen LogP contribution in [0.3, 0.4) is 0 Å². The third-order valence-corrected chi connectivity index (χ3v) is 2.83. The molecule has 0 aliphatic heterocycles. The van der Waals surface area contributed by atoms with Gasteiger partial charge in [0.05, 0.1) is 13.2 Å². The Bertz CT molecular complexity index is 456. The van der Waals surface area contributed by atoms with Crippen molar-refractivity contribution in [2.75, 3.05) is 13.2 Å². The van der Waals surface area contributed by atoms with Crippen molar-refractivity contribution in [3.8, 4) is 11.5 Å². The molecular formula is C16H18O4. The van der Waals surface area contributed by atoms with Crippen LogP contribution in [0.5, 0.6) is 11.5 Å². The maximum atomic E-state index is 8.93. The van der Waals surface area contributed by atoms with E-state index in [4.69, 9.17) is 19.7 Å². The van der Waals surface area contributed by atoms with Gasteiger partial charge in [-0.15, -0.1) is 0 Å². The van der Waals surface area contributed by atoms with Crippen LogP contribution in [0.4, 0.5) is 0 Å². The summed E-state index contributed by atoms with van der Waals surface area (Å²) in [6.45, 7) is 0.959. The zero-order chi connectivity index (χ0) is 14.2. The molecule has 0 radical (unpaired) electrons. The zero-order valence-corrected chi connectivity index (χ0v) is 11.2. The van der Waals surface area contributed by atoms with Gasteiger partial charge in [-0.05, 0) is 35.4 Å². The number of hydrogen-bond acceptors (Lipinski definition) is 4. The molecular weight excluding hydrogens is 256 g/mol. The molecule has 2 N–H and O–H groups in total. The SMILES string of the molecule is OCc1ccc(OCCOc2ccc(CO)cc2)cc1. The second-order valence-electron chi connectivity index (χ2n) is 4.30. The summed E-state index contributed by atoms with van der Waals surface area (Å²) in [6, 6.07) is 14.6. The Balaban J connectivity index is 1.72. The van der Waals surface area contributed by atoms with Crippen LogP contribution in [0.15, 0.2) is 48.5 Å². The van der Waals surface area contributed by atoms with Gasteiger partial charge in [-0.25, -0.2) is 0 Å². The second kappa shape index (κ2) is 7.53. The highest BCUT2D eigenvalue weighted by molar-refractivity contribution is 5.27. The molecule has 0 saturated carbocycles. The van der Waals surface area contributed by atoms with Crippen molar-refractivity contribution in [2.24, 2.45) is 0 Å². The smallest absolute Gasteiger partial charge is 0.122 e. The van der Waals surface area contributed by atoms with E-state index in [0.717, 1.165) is 22.6 Å². The van der Waals surface area contributed by atoms with Crippen LogP contribution < -0.4 is 9.47 Å². The van der Waals surface area contributed by atoms with E-state index < -0.39 is 0 Å². The van der Waals surface area contributed by atoms with Crippen molar-refractivity contribution >= 4 is 0 Å². The van der Waals surface area contributed by atoms with Gasteiger partial charge in [0.1, 0.15) is 24.7 Å². The van der Waals surface area contributed by atoms with Crippen LogP contribution in [0.25, 0.3) is 0 Å². The predicted octanol–water partition coefficient (Wildman–Crippen LogP) is 2.13. The molecule has 2 aromatic carbocycles. The Morgan fingerprint density at radius 3 is 1.25 bits per heavy atom. The molecule has 0 amide bonds. The number of hydrogen-bond donors (Lipinski definition) is 2. The summed E-state index contributed by atoms with van der Waals surface area (Å²) >= 11 is 0. The van der Waals surface area contributed by atoms with Crippen LogP contribution in [-0.4, -0.2) is 23.4 Å². The Morgan fingerprint density at radius 2 is 0.950 bits per heavy atom. The van der Waals surface area contributed by atoms with Gasteiger partial charge in [0.2, 0.25) is 0 Å². The standard InChI is InChI=1S/C16H18O4/c17-11-13-1-5-15(6-2-13)19-9-10-20-16-7-3-14(12-18)4-8-16/h1-8,17-18H,9-12H2. The minimum Gasteiger partial charge on any atom is -0.490 e. The van der Waals surface area contributed by atoms with E-state index >= 15 is 0 Å². The molecule has 106 valence electrons. The summed E-state index contributed by atoms with van der Waals surface area (Å²) < 4.78 is 11.1. The molecule has 0 bridgehead atoms. The lowest BCUT2D eigenvalue weighted by Crippen LogP contribution is -2.09. The molecule has 0 aromatic heterocycles. The Labute approximate surface area is 118 Å². The van der Waals surface area contributed by atoms with Gasteiger partial charge in [0.15, 0.2) is 0 Å². The quantitative estimate of drug-likeness (QED) is 0.759. The molecule has 0 saturated heterocycles. The fourth-order valence-corrected chi connectivity index (χ4v) is 1.70. The predicted molar refractivity (Wildman–Crippen MR) is 75.7 cm³/mol. The lowest BCUT2D eigenvalue weighted by molar-refractivity contribution is 0.217. The summed E-state index contributed by atoms with van der Waals surface area (Å²) in [6.07, 6.45) is 0. The maximum Gasteiger partial charge on any atom is 0.122 e. The topological polar surface area (TPSA) is 58.9 Å². The summed E-state index contributed by atoms with van der Waals surface area (Å²) in [7, 11) is 0. The zero-order valence-electron chi connectivity index (χ0n) is 11.2. The van der Waals surface area contributed by atoms with Crippen molar-refractivity contribution in [2.45, 2.75) is 13.2 Å². The summed E-state index contributed by atoms with van der Waals surface area (Å²) in [5.41, 5.74) is 1.72. The average molecular weight is 274 g/mol. The van der Waals surface area contributed by atoms with E-state index in [1.165, 1.54) is 0 Å². The fraction of sp³-hybridized carbons (Fsp3) is 0.250. The van der Waals surface area contributed by atoms with Gasteiger partial charge in [0.25, 0.3) is 0 Å². The van der Waals surface area contributed by atoms with Crippen LogP contribution >= 0.6 is 0 Å². The van der Waals surface area contributed by atoms with Gasteiger partial charge >= 0.3 is 0 Å². The molecule has 0 unspecified atom stereocenters. The van der Waals surface area contributed by atoms with Crippen molar-refractivity contribution in [3.63, 3.8) is 0 Å². The molecule has 0 aliphatic carbocycles. The average Bonchev–Trinajstić information content (AvgIpc) is 2.53. The minimum absolute atomic E-state index is 0.0349. The number of ether oxygens (including phenoxy) is 2. The monoisotopic (exact) mass is 274 g/mol. The molecule has 0 heterocycles. The normalized spacial score (nSPS) is 10.3. The highest BCUT2D eigenvalue weighted by Gasteiger charge is 1.97. The number of aliphatic hydroxyl groups excluding tert-OH is 2. The van der Waals surface area contributed by atoms with Crippen molar-refractivity contribution in [1.82, 2.24) is 0 Å². The Hall–Kier alpha value is -2.04. The largest absolute Gasteiger partial charge is 0.490 e. The first-order valence-electron chi connectivity index (χ1n) is 6.47. The lowest BCUT2D eigenvalue weighted by Gasteiger charge is -2.09. The van der Waals surface area contributed by atoms with Gasteiger partial charge in [0, 0.05) is 0 Å². The lowest BCUT2D eigenvalue weighted by atomic mass is 10.2. The summed E-state index contributed by atoms with van der Waals surface area (Å²) in [4.78, 5) is 0. The van der Waals surface area contributed by atoms with E-state index in [1.54, 1.807) is 0 Å². The van der Waals surface area contributed by atoms with Gasteiger partial charge in [-0.2, -0.15) is 0 Å². The van der Waals surface area contributed by atoms with Crippen molar-refractivity contribution in [3.05, 3.63) is 59.7 Å². The summed E-state index contributed by atoms with van der Waals surface area (Å²) in [5, 5.41) is 17.9. The minimum atomic E-state index is 0.0349. The first-order valence-corrected chi connectivity index (χ1v) is 6.47. The molecule has 0 fully saturated rings. The fourth-order valence-electron chi connectivity index (χ4n) is 1.70. The molecule has 0 aliphatic rings. The first kappa shape index (κ1) is 14.4. The van der Waals surface area contributed by atoms with Crippen molar-refractivity contribution in [1.29, 1.82) is 0 Å². The molecule has 4 nitrogen and oxygen atoms in total. The van der Waals surface area contributed by atoms with E-state index in [1.807, 2.05) is 48.5 Å². The molecule has 2 aromatic rings. The molecule has 4 heteroatoms. The van der Waals surface area contributed by atoms with E-state index in [9.17, 15) is 0 Å². The maximum absolute atomic E-state index is 8.93. The summed E-state index contributed by atoms with van der Waals surface area (Å²) in [5.74, 6) is 1.50. The van der Waals surface area contributed by atoms with Crippen LogP contribution in [0, 0.1) is 0 Å². The van der Waals surface area contributed by atoms with Crippen LogP contribution in [0.1, 0.15) is 11.1 Å². The number of aliphatic hydroxyl groups is 2. The van der Waals surface area contributed by atoms with E-state index in [2.05, 4.69) is 0 Å². The number of benzene rings is 2. The molecule has 20 heavy (non-hydrogen) atoms. The van der Waals surface area contributed by atoms with E-state index in [0.29, 0.717) is 13.2 Å². The molecule has 0 spiro atoms. The molecule has 2 rings (SSSR count). The van der Waals surface area contributed by atoms with Crippen LogP contribution in [0.2, 0.25) is 0 Å². The Morgan fingerprint density at radius 1 is 0.600 bits per heavy atom. The highest BCUT2D eigenvalue weighted by atomic mass is 16.5. The third-order valence-electron chi connectivity index (χ3n) is 2.83. The third kappa shape index (κ3) is 4.26. The first-order chi connectivity index (χ1) is 9.81. The highest BCUT2D eigenvalue weighted by Crippen LogP contribution is 2.14. The number of rotatable bonds is 7. The Kier molecular flexibility index (Phi) is 5.41. The van der Waals surface area contributed by atoms with Gasteiger partial charge in [-0.3, -0.25) is 0 Å². The van der Waals surface area contributed by atoms with Crippen LogP contribution in [-0.2, 0) is 13.2 Å². The van der Waals surface area contributed by atoms with Gasteiger partial charge < -0.3 is 19.7 Å². The van der Waals surface area contributed by atoms with Gasteiger partial charge in [-0.1, -0.05) is 24.3 Å². The second-order valence-corrected chi connectivity index (χ2v) is 4.30. The van der Waals surface area contributed by atoms with E-state index in [-0.39, 0.29) is 13.2 Å².